The molecule has 4 nitrogen and oxygen atoms in total. The standard InChI is InChI=1S/C23H24FN3O/c1-15(2)17-8-5-16(6-9-17)7-12-22(28)27-13-3-4-21(27)23-25-19-11-10-18(24)14-20(19)26-23/h5-12,14-15,21H,3-4,13H2,1-2H3,(H,25,26)/b12-7+. The third kappa shape index (κ3) is 3.70. The molecule has 1 atom stereocenters. The predicted molar refractivity (Wildman–Crippen MR) is 109 cm³/mol. The number of H-pyrrole nitrogens is 1. The van der Waals surface area contributed by atoms with Gasteiger partial charge < -0.3 is 9.88 Å². The Kier molecular flexibility index (Phi) is 4.99. The summed E-state index contributed by atoms with van der Waals surface area (Å²) in [5.74, 6) is 0.888. The number of nitrogens with one attached hydrogen (secondary N) is 1. The highest BCUT2D eigenvalue weighted by Crippen LogP contribution is 2.31. The summed E-state index contributed by atoms with van der Waals surface area (Å²) in [6.45, 7) is 5.02. The Hall–Kier alpha value is -2.95. The van der Waals surface area contributed by atoms with E-state index in [0.29, 0.717) is 18.0 Å². The van der Waals surface area contributed by atoms with Crippen molar-refractivity contribution < 1.29 is 9.18 Å². The zero-order valence-corrected chi connectivity index (χ0v) is 16.2. The van der Waals surface area contributed by atoms with Crippen LogP contribution < -0.4 is 0 Å². The van der Waals surface area contributed by atoms with Gasteiger partial charge in [-0.1, -0.05) is 38.1 Å². The molecule has 1 fully saturated rings. The molecular formula is C23H24FN3O. The first-order chi connectivity index (χ1) is 13.5. The molecule has 1 amide bonds. The van der Waals surface area contributed by atoms with Gasteiger partial charge in [0.1, 0.15) is 11.6 Å². The van der Waals surface area contributed by atoms with Crippen LogP contribution in [0.3, 0.4) is 0 Å². The van der Waals surface area contributed by atoms with Gasteiger partial charge in [-0.15, -0.1) is 0 Å². The Labute approximate surface area is 164 Å². The van der Waals surface area contributed by atoms with Crippen molar-refractivity contribution in [1.29, 1.82) is 0 Å². The highest BCUT2D eigenvalue weighted by atomic mass is 19.1. The van der Waals surface area contributed by atoms with E-state index in [1.165, 1.54) is 17.7 Å². The van der Waals surface area contributed by atoms with Crippen molar-refractivity contribution in [3.05, 3.63) is 71.3 Å². The summed E-state index contributed by atoms with van der Waals surface area (Å²) in [5, 5.41) is 0. The molecule has 0 bridgehead atoms. The normalized spacial score (nSPS) is 17.3. The summed E-state index contributed by atoms with van der Waals surface area (Å²) < 4.78 is 13.4. The molecule has 28 heavy (non-hydrogen) atoms. The lowest BCUT2D eigenvalue weighted by atomic mass is 10.0. The van der Waals surface area contributed by atoms with Crippen LogP contribution in [0.25, 0.3) is 17.1 Å². The van der Waals surface area contributed by atoms with Gasteiger partial charge in [0.15, 0.2) is 0 Å². The van der Waals surface area contributed by atoms with E-state index in [0.717, 1.165) is 29.7 Å². The molecule has 5 heteroatoms. The van der Waals surface area contributed by atoms with Crippen LogP contribution >= 0.6 is 0 Å². The fourth-order valence-corrected chi connectivity index (χ4v) is 3.73. The minimum absolute atomic E-state index is 0.0259. The third-order valence-electron chi connectivity index (χ3n) is 5.34. The van der Waals surface area contributed by atoms with Gasteiger partial charge in [0.05, 0.1) is 17.1 Å². The Bertz CT molecular complexity index is 1020. The van der Waals surface area contributed by atoms with E-state index in [4.69, 9.17) is 0 Å². The number of aromatic nitrogens is 2. The largest absolute Gasteiger partial charge is 0.340 e. The molecule has 1 N–H and O–H groups in total. The van der Waals surface area contributed by atoms with Gasteiger partial charge in [-0.3, -0.25) is 4.79 Å². The van der Waals surface area contributed by atoms with E-state index in [-0.39, 0.29) is 17.8 Å². The van der Waals surface area contributed by atoms with Crippen LogP contribution in [0.5, 0.6) is 0 Å². The van der Waals surface area contributed by atoms with Gasteiger partial charge in [-0.25, -0.2) is 9.37 Å². The molecule has 144 valence electrons. The second-order valence-electron chi connectivity index (χ2n) is 7.63. The van der Waals surface area contributed by atoms with E-state index in [1.807, 2.05) is 23.1 Å². The predicted octanol–water partition coefficient (Wildman–Crippen LogP) is 5.20. The highest BCUT2D eigenvalue weighted by Gasteiger charge is 2.31. The molecule has 1 aromatic heterocycles. The van der Waals surface area contributed by atoms with Crippen molar-refractivity contribution in [2.24, 2.45) is 0 Å². The fraction of sp³-hybridized carbons (Fsp3) is 0.304. The van der Waals surface area contributed by atoms with E-state index in [9.17, 15) is 9.18 Å². The molecule has 0 aliphatic carbocycles. The van der Waals surface area contributed by atoms with Crippen molar-refractivity contribution in [2.75, 3.05) is 6.54 Å². The molecule has 1 unspecified atom stereocenters. The maximum atomic E-state index is 13.4. The Balaban J connectivity index is 1.51. The fourth-order valence-electron chi connectivity index (χ4n) is 3.73. The maximum Gasteiger partial charge on any atom is 0.247 e. The molecule has 1 aliphatic rings. The van der Waals surface area contributed by atoms with Crippen LogP contribution in [-0.4, -0.2) is 27.3 Å². The Morgan fingerprint density at radius 1 is 1.25 bits per heavy atom. The average molecular weight is 377 g/mol. The summed E-state index contributed by atoms with van der Waals surface area (Å²) in [6, 6.07) is 12.7. The van der Waals surface area contributed by atoms with E-state index >= 15 is 0 Å². The van der Waals surface area contributed by atoms with Crippen molar-refractivity contribution in [3.8, 4) is 0 Å². The number of likely N-dealkylation sites (tertiary alicyclic amines) is 1. The molecule has 0 spiro atoms. The van der Waals surface area contributed by atoms with Gasteiger partial charge >= 0.3 is 0 Å². The molecule has 0 radical (unpaired) electrons. The molecule has 2 aromatic carbocycles. The topological polar surface area (TPSA) is 49.0 Å². The second kappa shape index (κ2) is 7.58. The van der Waals surface area contributed by atoms with Crippen LogP contribution in [0, 0.1) is 5.82 Å². The number of benzene rings is 2. The average Bonchev–Trinajstić information content (AvgIpc) is 3.32. The number of carbonyl (C=O) groups is 1. The van der Waals surface area contributed by atoms with Gasteiger partial charge in [-0.2, -0.15) is 0 Å². The molecular weight excluding hydrogens is 353 g/mol. The second-order valence-corrected chi connectivity index (χ2v) is 7.63. The van der Waals surface area contributed by atoms with Crippen LogP contribution in [0.2, 0.25) is 0 Å². The first-order valence-corrected chi connectivity index (χ1v) is 9.75. The number of nitrogens with zero attached hydrogens (tertiary/aromatic N) is 2. The van der Waals surface area contributed by atoms with Crippen LogP contribution in [0.1, 0.15) is 55.6 Å². The lowest BCUT2D eigenvalue weighted by Gasteiger charge is -2.21. The van der Waals surface area contributed by atoms with Crippen molar-refractivity contribution >= 4 is 23.0 Å². The van der Waals surface area contributed by atoms with E-state index < -0.39 is 0 Å². The first kappa shape index (κ1) is 18.4. The molecule has 1 saturated heterocycles. The number of hydrogen-bond acceptors (Lipinski definition) is 2. The molecule has 0 saturated carbocycles. The summed E-state index contributed by atoms with van der Waals surface area (Å²) in [7, 11) is 0. The number of rotatable bonds is 4. The lowest BCUT2D eigenvalue weighted by Crippen LogP contribution is -2.29. The molecule has 4 rings (SSSR count). The van der Waals surface area contributed by atoms with E-state index in [1.54, 1.807) is 12.1 Å². The molecule has 2 heterocycles. The van der Waals surface area contributed by atoms with Gasteiger partial charge in [0.2, 0.25) is 5.91 Å². The number of hydrogen-bond donors (Lipinski definition) is 1. The van der Waals surface area contributed by atoms with Gasteiger partial charge in [-0.05, 0) is 54.2 Å². The number of halogens is 1. The van der Waals surface area contributed by atoms with Crippen LogP contribution in [0.15, 0.2) is 48.5 Å². The summed E-state index contributed by atoms with van der Waals surface area (Å²) in [4.78, 5) is 22.4. The van der Waals surface area contributed by atoms with Crippen LogP contribution in [-0.2, 0) is 4.79 Å². The number of aromatic amines is 1. The zero-order valence-electron chi connectivity index (χ0n) is 16.2. The SMILES string of the molecule is CC(C)c1ccc(/C=C/C(=O)N2CCCC2c2nc3ccc(F)cc3[nH]2)cc1. The summed E-state index contributed by atoms with van der Waals surface area (Å²) in [6.07, 6.45) is 5.27. The number of fused-ring (bicyclic) bond motifs is 1. The third-order valence-corrected chi connectivity index (χ3v) is 5.34. The minimum atomic E-state index is -0.298. The lowest BCUT2D eigenvalue weighted by molar-refractivity contribution is -0.126. The quantitative estimate of drug-likeness (QED) is 0.635. The van der Waals surface area contributed by atoms with Crippen molar-refractivity contribution in [3.63, 3.8) is 0 Å². The minimum Gasteiger partial charge on any atom is -0.340 e. The van der Waals surface area contributed by atoms with Crippen LogP contribution in [0.4, 0.5) is 4.39 Å². The summed E-state index contributed by atoms with van der Waals surface area (Å²) in [5.41, 5.74) is 3.67. The van der Waals surface area contributed by atoms with Crippen molar-refractivity contribution in [1.82, 2.24) is 14.9 Å². The Morgan fingerprint density at radius 3 is 2.79 bits per heavy atom. The molecule has 1 aliphatic heterocycles. The van der Waals surface area contributed by atoms with Gasteiger partial charge in [0.25, 0.3) is 0 Å². The smallest absolute Gasteiger partial charge is 0.247 e. The molecule has 3 aromatic rings. The number of imidazole rings is 1. The highest BCUT2D eigenvalue weighted by molar-refractivity contribution is 5.92. The maximum absolute atomic E-state index is 13.4. The van der Waals surface area contributed by atoms with Gasteiger partial charge in [0, 0.05) is 12.6 Å². The zero-order chi connectivity index (χ0) is 19.7. The van der Waals surface area contributed by atoms with E-state index in [2.05, 4.69) is 35.9 Å². The summed E-state index contributed by atoms with van der Waals surface area (Å²) >= 11 is 0. The first-order valence-electron chi connectivity index (χ1n) is 9.75. The number of carbonyl (C=O) groups excluding carboxylic acids is 1. The monoisotopic (exact) mass is 377 g/mol. The van der Waals surface area contributed by atoms with Crippen molar-refractivity contribution in [2.45, 2.75) is 38.6 Å². The number of amides is 1. The Morgan fingerprint density at radius 2 is 2.04 bits per heavy atom.